The van der Waals surface area contributed by atoms with Crippen LogP contribution in [0, 0.1) is 0 Å². The largest absolute Gasteiger partial charge is 0.459 e. The number of nitrogens with one attached hydrogen (secondary N) is 1. The smallest absolute Gasteiger partial charge is 0.327 e. The van der Waals surface area contributed by atoms with Crippen molar-refractivity contribution in [3.63, 3.8) is 0 Å². The van der Waals surface area contributed by atoms with Crippen molar-refractivity contribution in [2.24, 2.45) is 0 Å². The number of hydrogen-bond acceptors (Lipinski definition) is 3. The molecule has 4 heteroatoms. The van der Waals surface area contributed by atoms with Crippen LogP contribution in [-0.2, 0) is 9.53 Å². The molecule has 0 rings (SSSR count). The Labute approximate surface area is 78.5 Å². The molecule has 0 saturated heterocycles. The van der Waals surface area contributed by atoms with Gasteiger partial charge in [0, 0.05) is 0 Å². The van der Waals surface area contributed by atoms with Gasteiger partial charge in [0.2, 0.25) is 0 Å². The van der Waals surface area contributed by atoms with Gasteiger partial charge in [0.1, 0.15) is 11.1 Å². The van der Waals surface area contributed by atoms with Gasteiger partial charge in [0.15, 0.2) is 0 Å². The van der Waals surface area contributed by atoms with E-state index >= 15 is 0 Å². The lowest BCUT2D eigenvalue weighted by Gasteiger charge is -2.26. The van der Waals surface area contributed by atoms with Crippen LogP contribution in [-0.4, -0.2) is 17.1 Å². The van der Waals surface area contributed by atoms with Crippen LogP contribution < -0.4 is 4.84 Å². The van der Waals surface area contributed by atoms with Crippen molar-refractivity contribution in [2.75, 3.05) is 0 Å². The van der Waals surface area contributed by atoms with Crippen LogP contribution in [0.15, 0.2) is 0 Å². The van der Waals surface area contributed by atoms with E-state index in [0.717, 1.165) is 0 Å². The molecule has 0 aliphatic heterocycles. The lowest BCUT2D eigenvalue weighted by atomic mass is 10.1. The zero-order valence-corrected chi connectivity index (χ0v) is 8.95. The summed E-state index contributed by atoms with van der Waals surface area (Å²) in [6.45, 7) is 8.77. The van der Waals surface area contributed by atoms with Gasteiger partial charge in [-0.1, -0.05) is 0 Å². The second-order valence-corrected chi connectivity index (χ2v) is 4.41. The monoisotopic (exact) mass is 193 g/mol. The third-order valence-electron chi connectivity index (χ3n) is 1.15. The van der Waals surface area contributed by atoms with E-state index in [1.54, 1.807) is 13.8 Å². The SMILES string of the molecule is CC(C)(C)OC(=O)C(C)(C)NCl. The zero-order chi connectivity index (χ0) is 9.99. The van der Waals surface area contributed by atoms with Crippen molar-refractivity contribution < 1.29 is 9.53 Å². The molecule has 0 fully saturated rings. The molecule has 1 N–H and O–H groups in total. The van der Waals surface area contributed by atoms with E-state index < -0.39 is 11.1 Å². The Kier molecular flexibility index (Phi) is 3.54. The maximum Gasteiger partial charge on any atom is 0.327 e. The van der Waals surface area contributed by atoms with E-state index in [-0.39, 0.29) is 5.97 Å². The Morgan fingerprint density at radius 1 is 1.25 bits per heavy atom. The highest BCUT2D eigenvalue weighted by Gasteiger charge is 2.31. The lowest BCUT2D eigenvalue weighted by Crippen LogP contribution is -2.45. The fourth-order valence-electron chi connectivity index (χ4n) is 0.444. The highest BCUT2D eigenvalue weighted by molar-refractivity contribution is 6.15. The van der Waals surface area contributed by atoms with Crippen LogP contribution in [0.25, 0.3) is 0 Å². The number of esters is 1. The predicted octanol–water partition coefficient (Wildman–Crippen LogP) is 1.85. The molecular weight excluding hydrogens is 178 g/mol. The molecule has 0 heterocycles. The molecule has 0 unspecified atom stereocenters. The summed E-state index contributed by atoms with van der Waals surface area (Å²) in [7, 11) is 0. The van der Waals surface area contributed by atoms with Crippen LogP contribution in [0.5, 0.6) is 0 Å². The van der Waals surface area contributed by atoms with Crippen LogP contribution in [0.4, 0.5) is 0 Å². The van der Waals surface area contributed by atoms with Crippen LogP contribution >= 0.6 is 11.8 Å². The molecule has 0 spiro atoms. The predicted molar refractivity (Wildman–Crippen MR) is 48.9 cm³/mol. The third kappa shape index (κ3) is 3.93. The first-order valence-corrected chi connectivity index (χ1v) is 4.18. The van der Waals surface area contributed by atoms with Gasteiger partial charge in [0.25, 0.3) is 0 Å². The van der Waals surface area contributed by atoms with Gasteiger partial charge in [-0.3, -0.25) is 4.79 Å². The second-order valence-electron chi connectivity index (χ2n) is 4.22. The Morgan fingerprint density at radius 2 is 1.67 bits per heavy atom. The topological polar surface area (TPSA) is 38.3 Å². The van der Waals surface area contributed by atoms with Gasteiger partial charge in [-0.25, -0.2) is 4.84 Å². The molecule has 0 saturated carbocycles. The van der Waals surface area contributed by atoms with Gasteiger partial charge < -0.3 is 4.74 Å². The molecule has 0 aliphatic carbocycles. The first-order chi connectivity index (χ1) is 5.19. The standard InChI is InChI=1S/C8H16ClNO2/c1-7(2,3)12-6(11)8(4,5)10-9/h10H,1-5H3. The molecule has 0 bridgehead atoms. The van der Waals surface area contributed by atoms with Gasteiger partial charge in [-0.05, 0) is 46.4 Å². The van der Waals surface area contributed by atoms with E-state index in [2.05, 4.69) is 4.84 Å². The summed E-state index contributed by atoms with van der Waals surface area (Å²) < 4.78 is 5.11. The molecular formula is C8H16ClNO2. The van der Waals surface area contributed by atoms with E-state index in [4.69, 9.17) is 16.5 Å². The summed E-state index contributed by atoms with van der Waals surface area (Å²) in [5.41, 5.74) is -1.31. The fraction of sp³-hybridized carbons (Fsp3) is 0.875. The summed E-state index contributed by atoms with van der Waals surface area (Å²) in [4.78, 5) is 13.7. The van der Waals surface area contributed by atoms with Crippen molar-refractivity contribution in [3.8, 4) is 0 Å². The van der Waals surface area contributed by atoms with Crippen LogP contribution in [0.3, 0.4) is 0 Å². The Morgan fingerprint density at radius 3 is 1.92 bits per heavy atom. The average molecular weight is 194 g/mol. The van der Waals surface area contributed by atoms with Crippen molar-refractivity contribution in [1.82, 2.24) is 4.84 Å². The molecule has 0 aromatic heterocycles. The van der Waals surface area contributed by atoms with E-state index in [0.29, 0.717) is 0 Å². The first kappa shape index (κ1) is 11.7. The highest BCUT2D eigenvalue weighted by Crippen LogP contribution is 2.14. The quantitative estimate of drug-likeness (QED) is 0.538. The average Bonchev–Trinajstić information content (AvgIpc) is 1.84. The van der Waals surface area contributed by atoms with E-state index in [9.17, 15) is 4.79 Å². The number of carbonyl (C=O) groups excluding carboxylic acids is 1. The number of hydrogen-bond donors (Lipinski definition) is 1. The van der Waals surface area contributed by atoms with Crippen molar-refractivity contribution in [1.29, 1.82) is 0 Å². The molecule has 0 radical (unpaired) electrons. The highest BCUT2D eigenvalue weighted by atomic mass is 35.5. The fourth-order valence-corrected chi connectivity index (χ4v) is 0.521. The van der Waals surface area contributed by atoms with Crippen molar-refractivity contribution in [3.05, 3.63) is 0 Å². The zero-order valence-electron chi connectivity index (χ0n) is 8.19. The summed E-state index contributed by atoms with van der Waals surface area (Å²) in [6, 6.07) is 0. The molecule has 0 atom stereocenters. The summed E-state index contributed by atoms with van der Waals surface area (Å²) >= 11 is 5.37. The minimum absolute atomic E-state index is 0.356. The molecule has 3 nitrogen and oxygen atoms in total. The lowest BCUT2D eigenvalue weighted by molar-refractivity contribution is -0.160. The van der Waals surface area contributed by atoms with E-state index in [1.165, 1.54) is 0 Å². The molecule has 0 aliphatic rings. The van der Waals surface area contributed by atoms with Crippen molar-refractivity contribution >= 4 is 17.7 Å². The molecule has 0 aromatic rings. The minimum Gasteiger partial charge on any atom is -0.459 e. The Hall–Kier alpha value is -0.280. The normalized spacial score (nSPS) is 12.8. The summed E-state index contributed by atoms with van der Waals surface area (Å²) in [6.07, 6.45) is 0. The van der Waals surface area contributed by atoms with Gasteiger partial charge in [0.05, 0.1) is 0 Å². The Balaban J connectivity index is 4.23. The molecule has 12 heavy (non-hydrogen) atoms. The van der Waals surface area contributed by atoms with Gasteiger partial charge >= 0.3 is 5.97 Å². The number of rotatable bonds is 2. The summed E-state index contributed by atoms with van der Waals surface area (Å²) in [5.74, 6) is -0.356. The Bertz CT molecular complexity index is 172. The summed E-state index contributed by atoms with van der Waals surface area (Å²) in [5, 5.41) is 0. The van der Waals surface area contributed by atoms with Gasteiger partial charge in [-0.15, -0.1) is 0 Å². The number of ether oxygens (including phenoxy) is 1. The maximum atomic E-state index is 11.3. The molecule has 72 valence electrons. The van der Waals surface area contributed by atoms with Crippen molar-refractivity contribution in [2.45, 2.75) is 45.8 Å². The van der Waals surface area contributed by atoms with E-state index in [1.807, 2.05) is 20.8 Å². The molecule has 0 amide bonds. The van der Waals surface area contributed by atoms with Crippen LogP contribution in [0.2, 0.25) is 0 Å². The molecule has 0 aromatic carbocycles. The number of halogens is 1. The third-order valence-corrected chi connectivity index (χ3v) is 1.62. The minimum atomic E-state index is -0.838. The van der Waals surface area contributed by atoms with Crippen LogP contribution in [0.1, 0.15) is 34.6 Å². The number of carbonyl (C=O) groups is 1. The maximum absolute atomic E-state index is 11.3. The second kappa shape index (κ2) is 3.62. The first-order valence-electron chi connectivity index (χ1n) is 3.80. The van der Waals surface area contributed by atoms with Gasteiger partial charge in [-0.2, -0.15) is 0 Å².